The highest BCUT2D eigenvalue weighted by atomic mass is 32.1. The Morgan fingerprint density at radius 1 is 1.44 bits per heavy atom. The number of fused-ring (bicyclic) bond motifs is 1. The van der Waals surface area contributed by atoms with Crippen LogP contribution < -0.4 is 5.73 Å². The fraction of sp³-hybridized carbons (Fsp3) is 0.389. The summed E-state index contributed by atoms with van der Waals surface area (Å²) < 4.78 is 0. The number of hydrogen-bond donors (Lipinski definition) is 2. The number of carboxylic acid groups (broad SMARTS) is 1. The van der Waals surface area contributed by atoms with Crippen molar-refractivity contribution in [3.05, 3.63) is 44.8 Å². The van der Waals surface area contributed by atoms with E-state index in [1.807, 2.05) is 32.2 Å². The van der Waals surface area contributed by atoms with Crippen LogP contribution in [0.2, 0.25) is 0 Å². The number of rotatable bonds is 2. The molecule has 0 aromatic carbocycles. The number of nitrogens with zero attached hydrogens (tertiary/aromatic N) is 3. The third-order valence-electron chi connectivity index (χ3n) is 5.02. The predicted octanol–water partition coefficient (Wildman–Crippen LogP) is 1.97. The normalized spacial score (nSPS) is 25.5. The summed E-state index contributed by atoms with van der Waals surface area (Å²) in [5.41, 5.74) is 4.89. The average Bonchev–Trinajstić information content (AvgIpc) is 2.99. The maximum Gasteiger partial charge on any atom is 0.337 e. The van der Waals surface area contributed by atoms with E-state index < -0.39 is 17.3 Å². The first kappa shape index (κ1) is 17.2. The number of carboxylic acids is 1. The second kappa shape index (κ2) is 6.03. The molecule has 0 saturated heterocycles. The monoisotopic (exact) mass is 354 g/mol. The lowest BCUT2D eigenvalue weighted by atomic mass is 9.59. The van der Waals surface area contributed by atoms with Crippen molar-refractivity contribution in [2.24, 2.45) is 17.1 Å². The van der Waals surface area contributed by atoms with Crippen LogP contribution in [0.15, 0.2) is 35.1 Å². The first-order valence-corrected chi connectivity index (χ1v) is 8.68. The van der Waals surface area contributed by atoms with Crippen molar-refractivity contribution in [3.8, 4) is 12.1 Å². The molecule has 1 aliphatic heterocycles. The molecule has 0 unspecified atom stereocenters. The van der Waals surface area contributed by atoms with E-state index in [0.717, 1.165) is 9.75 Å². The number of likely N-dealkylation sites (N-methyl/N-ethyl adjacent to an activating group) is 1. The number of aliphatic carboxylic acids is 1. The maximum absolute atomic E-state index is 11.9. The Balaban J connectivity index is 2.35. The summed E-state index contributed by atoms with van der Waals surface area (Å²) in [7, 11) is 1.94. The first-order chi connectivity index (χ1) is 11.9. The fourth-order valence-corrected chi connectivity index (χ4v) is 4.98. The van der Waals surface area contributed by atoms with Gasteiger partial charge in [-0.15, -0.1) is 11.3 Å². The van der Waals surface area contributed by atoms with Crippen molar-refractivity contribution in [3.63, 3.8) is 0 Å². The molecule has 2 aliphatic rings. The molecule has 2 heterocycles. The Morgan fingerprint density at radius 3 is 2.64 bits per heavy atom. The lowest BCUT2D eigenvalue weighted by molar-refractivity contribution is -0.132. The molecule has 128 valence electrons. The van der Waals surface area contributed by atoms with Crippen LogP contribution in [0.3, 0.4) is 0 Å². The minimum absolute atomic E-state index is 0.0780. The van der Waals surface area contributed by atoms with Crippen molar-refractivity contribution in [1.29, 1.82) is 10.5 Å². The number of nitrogens with two attached hydrogens (primary N) is 1. The van der Waals surface area contributed by atoms with Gasteiger partial charge < -0.3 is 15.7 Å². The van der Waals surface area contributed by atoms with E-state index >= 15 is 0 Å². The highest BCUT2D eigenvalue weighted by Gasteiger charge is 2.55. The van der Waals surface area contributed by atoms with Crippen LogP contribution in [-0.4, -0.2) is 36.1 Å². The third kappa shape index (κ3) is 2.44. The Kier molecular flexibility index (Phi) is 4.16. The van der Waals surface area contributed by atoms with Crippen LogP contribution in [0.1, 0.15) is 15.7 Å². The molecule has 0 bridgehead atoms. The molecule has 3 rings (SSSR count). The van der Waals surface area contributed by atoms with Gasteiger partial charge in [0.1, 0.15) is 0 Å². The fourth-order valence-electron chi connectivity index (χ4n) is 3.86. The SMILES string of the molecule is Cc1ccc([C@H]2[C@@H]3CN(C)CC=C3C(C(=O)O)=C(N)C2(C#N)C#N)s1. The molecule has 6 nitrogen and oxygen atoms in total. The van der Waals surface area contributed by atoms with E-state index in [4.69, 9.17) is 5.73 Å². The molecule has 0 saturated carbocycles. The number of hydrogen-bond acceptors (Lipinski definition) is 6. The van der Waals surface area contributed by atoms with Crippen molar-refractivity contribution in [1.82, 2.24) is 4.90 Å². The topological polar surface area (TPSA) is 114 Å². The Hall–Kier alpha value is -2.61. The summed E-state index contributed by atoms with van der Waals surface area (Å²) in [6, 6.07) is 7.98. The maximum atomic E-state index is 11.9. The second-order valence-electron chi connectivity index (χ2n) is 6.54. The highest BCUT2D eigenvalue weighted by molar-refractivity contribution is 7.12. The molecule has 1 aromatic rings. The zero-order valence-corrected chi connectivity index (χ0v) is 14.8. The average molecular weight is 354 g/mol. The van der Waals surface area contributed by atoms with Crippen LogP contribution in [-0.2, 0) is 4.79 Å². The highest BCUT2D eigenvalue weighted by Crippen LogP contribution is 2.55. The van der Waals surface area contributed by atoms with Gasteiger partial charge in [0, 0.05) is 34.7 Å². The van der Waals surface area contributed by atoms with E-state index in [1.165, 1.54) is 11.3 Å². The van der Waals surface area contributed by atoms with Crippen LogP contribution in [0.5, 0.6) is 0 Å². The van der Waals surface area contributed by atoms with E-state index in [0.29, 0.717) is 18.7 Å². The molecule has 25 heavy (non-hydrogen) atoms. The first-order valence-electron chi connectivity index (χ1n) is 7.87. The zero-order valence-electron chi connectivity index (χ0n) is 14.0. The van der Waals surface area contributed by atoms with Crippen LogP contribution in [0, 0.1) is 40.9 Å². The van der Waals surface area contributed by atoms with Gasteiger partial charge in [0.25, 0.3) is 0 Å². The molecule has 1 aromatic heterocycles. The number of nitriles is 2. The van der Waals surface area contributed by atoms with Crippen LogP contribution in [0.4, 0.5) is 0 Å². The Bertz CT molecular complexity index is 870. The van der Waals surface area contributed by atoms with Crippen LogP contribution >= 0.6 is 11.3 Å². The van der Waals surface area contributed by atoms with Gasteiger partial charge in [-0.3, -0.25) is 0 Å². The molecule has 0 fully saturated rings. The quantitative estimate of drug-likeness (QED) is 0.839. The van der Waals surface area contributed by atoms with Gasteiger partial charge in [-0.1, -0.05) is 6.08 Å². The minimum Gasteiger partial charge on any atom is -0.478 e. The van der Waals surface area contributed by atoms with E-state index in [1.54, 1.807) is 0 Å². The van der Waals surface area contributed by atoms with E-state index in [-0.39, 0.29) is 17.2 Å². The third-order valence-corrected chi connectivity index (χ3v) is 6.10. The van der Waals surface area contributed by atoms with Gasteiger partial charge >= 0.3 is 5.97 Å². The van der Waals surface area contributed by atoms with Crippen molar-refractivity contribution >= 4 is 17.3 Å². The van der Waals surface area contributed by atoms with Gasteiger partial charge in [0.15, 0.2) is 5.41 Å². The van der Waals surface area contributed by atoms with Gasteiger partial charge in [-0.25, -0.2) is 4.79 Å². The zero-order chi connectivity index (χ0) is 18.4. The van der Waals surface area contributed by atoms with Gasteiger partial charge in [0.2, 0.25) is 0 Å². The van der Waals surface area contributed by atoms with Gasteiger partial charge in [-0.05, 0) is 31.7 Å². The molecule has 3 N–H and O–H groups in total. The van der Waals surface area contributed by atoms with Crippen LogP contribution in [0.25, 0.3) is 0 Å². The van der Waals surface area contributed by atoms with Crippen molar-refractivity contribution in [2.75, 3.05) is 20.1 Å². The largest absolute Gasteiger partial charge is 0.478 e. The predicted molar refractivity (Wildman–Crippen MR) is 93.4 cm³/mol. The molecule has 0 amide bonds. The molecule has 1 aliphatic carbocycles. The Morgan fingerprint density at radius 2 is 2.12 bits per heavy atom. The summed E-state index contributed by atoms with van der Waals surface area (Å²) in [5, 5.41) is 29.5. The lowest BCUT2D eigenvalue weighted by Gasteiger charge is -2.44. The number of aryl methyl sites for hydroxylation is 1. The number of carbonyl (C=O) groups is 1. The molecule has 0 spiro atoms. The van der Waals surface area contributed by atoms with E-state index in [2.05, 4.69) is 17.0 Å². The van der Waals surface area contributed by atoms with Gasteiger partial charge in [0.05, 0.1) is 23.4 Å². The molecule has 7 heteroatoms. The number of thiophene rings is 1. The standard InChI is InChI=1S/C18H18N4O2S/c1-10-3-4-13(25-10)15-12-7-22(2)6-5-11(12)14(17(23)24)16(21)18(15,8-19)9-20/h3-5,12,15H,6-7,21H2,1-2H3,(H,23,24)/t12-,15-/m1/s1. The molecular weight excluding hydrogens is 336 g/mol. The molecule has 0 radical (unpaired) electrons. The lowest BCUT2D eigenvalue weighted by Crippen LogP contribution is -2.48. The molecule has 2 atom stereocenters. The summed E-state index contributed by atoms with van der Waals surface area (Å²) in [6.45, 7) is 3.14. The van der Waals surface area contributed by atoms with Gasteiger partial charge in [-0.2, -0.15) is 10.5 Å². The summed E-state index contributed by atoms with van der Waals surface area (Å²) in [4.78, 5) is 15.9. The van der Waals surface area contributed by atoms with E-state index in [9.17, 15) is 20.4 Å². The smallest absolute Gasteiger partial charge is 0.337 e. The second-order valence-corrected chi connectivity index (χ2v) is 7.86. The Labute approximate surface area is 150 Å². The number of allylic oxidation sites excluding steroid dienone is 1. The summed E-state index contributed by atoms with van der Waals surface area (Å²) >= 11 is 1.52. The molecular formula is C18H18N4O2S. The van der Waals surface area contributed by atoms with Crippen molar-refractivity contribution < 1.29 is 9.90 Å². The summed E-state index contributed by atoms with van der Waals surface area (Å²) in [6.07, 6.45) is 1.86. The van der Waals surface area contributed by atoms with Crippen molar-refractivity contribution in [2.45, 2.75) is 12.8 Å². The summed E-state index contributed by atoms with van der Waals surface area (Å²) in [5.74, 6) is -1.94. The minimum atomic E-state index is -1.69.